The summed E-state index contributed by atoms with van der Waals surface area (Å²) >= 11 is 1.50. The molecule has 0 atom stereocenters. The molecule has 0 fully saturated rings. The lowest BCUT2D eigenvalue weighted by Gasteiger charge is -2.10. The van der Waals surface area contributed by atoms with Gasteiger partial charge in [0.1, 0.15) is 5.75 Å². The number of ether oxygens (including phenoxy) is 1. The summed E-state index contributed by atoms with van der Waals surface area (Å²) in [7, 11) is 1.33. The van der Waals surface area contributed by atoms with Crippen LogP contribution < -0.4 is 0 Å². The number of carbonyl (C=O) groups is 1. The highest BCUT2D eigenvalue weighted by molar-refractivity contribution is 7.08. The lowest BCUT2D eigenvalue weighted by atomic mass is 9.97. The van der Waals surface area contributed by atoms with Crippen molar-refractivity contribution in [1.29, 1.82) is 0 Å². The smallest absolute Gasteiger partial charge is 0.338 e. The minimum absolute atomic E-state index is 0.0419. The maximum atomic E-state index is 11.7. The fourth-order valence-electron chi connectivity index (χ4n) is 2.11. The Labute approximate surface area is 121 Å². The van der Waals surface area contributed by atoms with Gasteiger partial charge in [-0.1, -0.05) is 0 Å². The molecule has 0 amide bonds. The summed E-state index contributed by atoms with van der Waals surface area (Å²) < 4.78 is 4.75. The van der Waals surface area contributed by atoms with Crippen molar-refractivity contribution in [2.24, 2.45) is 0 Å². The third kappa shape index (κ3) is 2.69. The molecule has 0 saturated heterocycles. The van der Waals surface area contributed by atoms with Gasteiger partial charge in [-0.2, -0.15) is 11.3 Å². The number of rotatable bonds is 4. The third-order valence-corrected chi connectivity index (χ3v) is 3.95. The zero-order valence-corrected chi connectivity index (χ0v) is 12.2. The first-order valence-electron chi connectivity index (χ1n) is 6.16. The highest BCUT2D eigenvalue weighted by Gasteiger charge is 2.16. The van der Waals surface area contributed by atoms with Gasteiger partial charge in [0, 0.05) is 12.2 Å². The largest absolute Gasteiger partial charge is 0.507 e. The molecule has 0 spiro atoms. The van der Waals surface area contributed by atoms with Crippen molar-refractivity contribution in [1.82, 2.24) is 0 Å². The molecule has 106 valence electrons. The fraction of sp³-hybridized carbons (Fsp3) is 0.267. The van der Waals surface area contributed by atoms with Crippen LogP contribution >= 0.6 is 11.3 Å². The Kier molecular flexibility index (Phi) is 4.42. The molecule has 0 aliphatic rings. The summed E-state index contributed by atoms with van der Waals surface area (Å²) in [4.78, 5) is 11.7. The van der Waals surface area contributed by atoms with Gasteiger partial charge in [-0.3, -0.25) is 0 Å². The van der Waals surface area contributed by atoms with Gasteiger partial charge in [0.15, 0.2) is 0 Å². The molecular weight excluding hydrogens is 276 g/mol. The first-order chi connectivity index (χ1) is 9.58. The predicted octanol–water partition coefficient (Wildman–Crippen LogP) is 2.75. The Morgan fingerprint density at radius 1 is 1.30 bits per heavy atom. The normalized spacial score (nSPS) is 10.6. The van der Waals surface area contributed by atoms with E-state index in [9.17, 15) is 9.90 Å². The van der Waals surface area contributed by atoms with Gasteiger partial charge in [-0.25, -0.2) is 4.79 Å². The quantitative estimate of drug-likeness (QED) is 0.850. The molecule has 5 heteroatoms. The lowest BCUT2D eigenvalue weighted by Crippen LogP contribution is -2.04. The van der Waals surface area contributed by atoms with Gasteiger partial charge >= 0.3 is 5.97 Å². The summed E-state index contributed by atoms with van der Waals surface area (Å²) in [6.07, 6.45) is 0.514. The number of thiophene rings is 1. The average Bonchev–Trinajstić information content (AvgIpc) is 2.87. The standard InChI is InChI=1S/C15H16O4S/c1-9-5-14(17)12(6-11(9)15(18)19-2)13-8-20-7-10(13)3-4-16/h5-8,16-17H,3-4H2,1-2H3. The maximum absolute atomic E-state index is 11.7. The summed E-state index contributed by atoms with van der Waals surface area (Å²) in [5.41, 5.74) is 3.47. The second-order valence-electron chi connectivity index (χ2n) is 4.46. The molecule has 1 aromatic heterocycles. The number of phenolic OH excluding ortho intramolecular Hbond substituents is 1. The van der Waals surface area contributed by atoms with Crippen LogP contribution in [0.4, 0.5) is 0 Å². The summed E-state index contributed by atoms with van der Waals surface area (Å²) in [5, 5.41) is 23.0. The Hall–Kier alpha value is -1.85. The molecule has 4 nitrogen and oxygen atoms in total. The molecule has 2 rings (SSSR count). The number of aliphatic hydroxyl groups excluding tert-OH is 1. The number of methoxy groups -OCH3 is 1. The lowest BCUT2D eigenvalue weighted by molar-refractivity contribution is 0.0600. The Morgan fingerprint density at radius 3 is 2.70 bits per heavy atom. The van der Waals surface area contributed by atoms with E-state index in [1.54, 1.807) is 19.1 Å². The predicted molar refractivity (Wildman–Crippen MR) is 78.3 cm³/mol. The van der Waals surface area contributed by atoms with Crippen LogP contribution in [0, 0.1) is 6.92 Å². The van der Waals surface area contributed by atoms with E-state index in [1.165, 1.54) is 18.4 Å². The molecule has 0 bridgehead atoms. The van der Waals surface area contributed by atoms with Crippen molar-refractivity contribution >= 4 is 17.3 Å². The van der Waals surface area contributed by atoms with E-state index in [-0.39, 0.29) is 12.4 Å². The van der Waals surface area contributed by atoms with E-state index in [0.717, 1.165) is 11.1 Å². The number of esters is 1. The second kappa shape index (κ2) is 6.07. The number of benzene rings is 1. The highest BCUT2D eigenvalue weighted by atomic mass is 32.1. The van der Waals surface area contributed by atoms with Gasteiger partial charge in [0.2, 0.25) is 0 Å². The molecular formula is C15H16O4S. The van der Waals surface area contributed by atoms with Crippen LogP contribution in [0.15, 0.2) is 22.9 Å². The van der Waals surface area contributed by atoms with Crippen molar-refractivity contribution in [3.05, 3.63) is 39.6 Å². The van der Waals surface area contributed by atoms with Gasteiger partial charge in [-0.15, -0.1) is 0 Å². The van der Waals surface area contributed by atoms with Crippen LogP contribution in [0.1, 0.15) is 21.5 Å². The fourth-order valence-corrected chi connectivity index (χ4v) is 3.00. The molecule has 0 aliphatic carbocycles. The van der Waals surface area contributed by atoms with Crippen molar-refractivity contribution in [2.75, 3.05) is 13.7 Å². The zero-order chi connectivity index (χ0) is 14.7. The van der Waals surface area contributed by atoms with Crippen LogP contribution in [-0.2, 0) is 11.2 Å². The van der Waals surface area contributed by atoms with Gasteiger partial charge in [0.25, 0.3) is 0 Å². The number of aryl methyl sites for hydroxylation is 1. The van der Waals surface area contributed by atoms with Crippen molar-refractivity contribution < 1.29 is 19.7 Å². The molecule has 0 unspecified atom stereocenters. The minimum Gasteiger partial charge on any atom is -0.507 e. The molecule has 2 aromatic rings. The van der Waals surface area contributed by atoms with E-state index >= 15 is 0 Å². The van der Waals surface area contributed by atoms with Gasteiger partial charge < -0.3 is 14.9 Å². The first-order valence-corrected chi connectivity index (χ1v) is 7.11. The van der Waals surface area contributed by atoms with Crippen LogP contribution in [-0.4, -0.2) is 29.9 Å². The third-order valence-electron chi connectivity index (χ3n) is 3.16. The average molecular weight is 292 g/mol. The summed E-state index contributed by atoms with van der Waals surface area (Å²) in [6, 6.07) is 3.20. The number of hydrogen-bond donors (Lipinski definition) is 2. The summed E-state index contributed by atoms with van der Waals surface area (Å²) in [5.74, 6) is -0.310. The number of phenols is 1. The van der Waals surface area contributed by atoms with E-state index in [2.05, 4.69) is 0 Å². The first kappa shape index (κ1) is 14.6. The Balaban J connectivity index is 2.56. The molecule has 2 N–H and O–H groups in total. The Morgan fingerprint density at radius 2 is 2.05 bits per heavy atom. The van der Waals surface area contributed by atoms with Crippen LogP contribution in [0.5, 0.6) is 5.75 Å². The zero-order valence-electron chi connectivity index (χ0n) is 11.3. The van der Waals surface area contributed by atoms with E-state index in [0.29, 0.717) is 23.1 Å². The monoisotopic (exact) mass is 292 g/mol. The molecule has 0 saturated carbocycles. The number of aromatic hydroxyl groups is 1. The minimum atomic E-state index is -0.428. The molecule has 1 aromatic carbocycles. The van der Waals surface area contributed by atoms with Crippen LogP contribution in [0.25, 0.3) is 11.1 Å². The molecule has 0 radical (unpaired) electrons. The molecule has 1 heterocycles. The Bertz CT molecular complexity index is 631. The highest BCUT2D eigenvalue weighted by Crippen LogP contribution is 2.36. The molecule has 20 heavy (non-hydrogen) atoms. The van der Waals surface area contributed by atoms with Gasteiger partial charge in [-0.05, 0) is 52.9 Å². The maximum Gasteiger partial charge on any atom is 0.338 e. The second-order valence-corrected chi connectivity index (χ2v) is 5.20. The SMILES string of the molecule is COC(=O)c1cc(-c2cscc2CCO)c(O)cc1C. The van der Waals surface area contributed by atoms with E-state index < -0.39 is 5.97 Å². The van der Waals surface area contributed by atoms with Gasteiger partial charge in [0.05, 0.1) is 12.7 Å². The van der Waals surface area contributed by atoms with Crippen LogP contribution in [0.3, 0.4) is 0 Å². The van der Waals surface area contributed by atoms with Crippen LogP contribution in [0.2, 0.25) is 0 Å². The molecule has 0 aliphatic heterocycles. The number of hydrogen-bond acceptors (Lipinski definition) is 5. The van der Waals surface area contributed by atoms with Crippen molar-refractivity contribution in [3.8, 4) is 16.9 Å². The van der Waals surface area contributed by atoms with Crippen molar-refractivity contribution in [2.45, 2.75) is 13.3 Å². The van der Waals surface area contributed by atoms with E-state index in [1.807, 2.05) is 10.8 Å². The van der Waals surface area contributed by atoms with E-state index in [4.69, 9.17) is 9.84 Å². The topological polar surface area (TPSA) is 66.8 Å². The summed E-state index contributed by atoms with van der Waals surface area (Å²) in [6.45, 7) is 1.79. The number of carbonyl (C=O) groups excluding carboxylic acids is 1. The number of aliphatic hydroxyl groups is 1. The van der Waals surface area contributed by atoms with Crippen molar-refractivity contribution in [3.63, 3.8) is 0 Å².